The lowest BCUT2D eigenvalue weighted by Crippen LogP contribution is -2.21. The third-order valence-electron chi connectivity index (χ3n) is 7.55. The van der Waals surface area contributed by atoms with E-state index in [4.69, 9.17) is 0 Å². The van der Waals surface area contributed by atoms with Crippen molar-refractivity contribution in [1.82, 2.24) is 0 Å². The van der Waals surface area contributed by atoms with Gasteiger partial charge in [-0.2, -0.15) is 0 Å². The number of hydrogen-bond donors (Lipinski definition) is 0. The second-order valence-corrected chi connectivity index (χ2v) is 9.77. The summed E-state index contributed by atoms with van der Waals surface area (Å²) >= 11 is 0. The Morgan fingerprint density at radius 3 is 1.64 bits per heavy atom. The maximum Gasteiger partial charge on any atom is -0.0386 e. The van der Waals surface area contributed by atoms with E-state index in [1.165, 1.54) is 96.3 Å². The molecular weight excluding hydrogens is 300 g/mol. The first-order valence-electron chi connectivity index (χ1n) is 12.3. The smallest absolute Gasteiger partial charge is 0.0386 e. The van der Waals surface area contributed by atoms with Crippen molar-refractivity contribution in [2.24, 2.45) is 23.7 Å². The zero-order valence-electron chi connectivity index (χ0n) is 17.7. The third-order valence-corrected chi connectivity index (χ3v) is 7.55. The first kappa shape index (κ1) is 21.3. The molecule has 2 saturated carbocycles. The van der Waals surface area contributed by atoms with E-state index >= 15 is 0 Å². The summed E-state index contributed by atoms with van der Waals surface area (Å²) in [7, 11) is 0. The van der Waals surface area contributed by atoms with Crippen LogP contribution in [0.1, 0.15) is 136 Å². The molecule has 25 heavy (non-hydrogen) atoms. The highest BCUT2D eigenvalue weighted by molar-refractivity contribution is 4.77. The summed E-state index contributed by atoms with van der Waals surface area (Å²) in [6.07, 6.45) is 28.8. The van der Waals surface area contributed by atoms with Crippen LogP contribution in [0.5, 0.6) is 0 Å². The van der Waals surface area contributed by atoms with E-state index in [9.17, 15) is 0 Å². The first-order valence-corrected chi connectivity index (χ1v) is 12.3. The van der Waals surface area contributed by atoms with Gasteiger partial charge in [0, 0.05) is 0 Å². The van der Waals surface area contributed by atoms with E-state index in [0.29, 0.717) is 0 Å². The van der Waals surface area contributed by atoms with Crippen LogP contribution < -0.4 is 0 Å². The molecule has 0 aromatic rings. The molecule has 0 heterocycles. The molecular formula is C25H48. The lowest BCUT2D eigenvalue weighted by molar-refractivity contribution is 0.185. The van der Waals surface area contributed by atoms with E-state index in [1.54, 1.807) is 25.7 Å². The Labute approximate surface area is 159 Å². The van der Waals surface area contributed by atoms with Gasteiger partial charge in [-0.15, -0.1) is 0 Å². The standard InChI is InChI=1S/C25H48/c1-3-13-23-14-10-8-6-4-5-7-9-11-16-24(17-12-15-23)25-20-18-22(2)19-21-25/h22-25H,3-21H2,1-2H3. The van der Waals surface area contributed by atoms with Crippen LogP contribution in [0.4, 0.5) is 0 Å². The molecule has 0 aromatic heterocycles. The number of hydrogen-bond acceptors (Lipinski definition) is 0. The maximum atomic E-state index is 2.47. The van der Waals surface area contributed by atoms with Crippen LogP contribution in [0, 0.1) is 23.7 Å². The molecule has 0 amide bonds. The van der Waals surface area contributed by atoms with Crippen molar-refractivity contribution >= 4 is 0 Å². The SMILES string of the molecule is CCCC1CCCCCCCCCCC(C2CCC(C)CC2)CCC1. The molecule has 0 aromatic carbocycles. The van der Waals surface area contributed by atoms with Gasteiger partial charge in [0.2, 0.25) is 0 Å². The highest BCUT2D eigenvalue weighted by Crippen LogP contribution is 2.38. The quantitative estimate of drug-likeness (QED) is 0.477. The van der Waals surface area contributed by atoms with E-state index in [-0.39, 0.29) is 0 Å². The normalized spacial score (nSPS) is 34.8. The number of rotatable bonds is 3. The predicted molar refractivity (Wildman–Crippen MR) is 113 cm³/mol. The summed E-state index contributed by atoms with van der Waals surface area (Å²) in [6.45, 7) is 4.86. The van der Waals surface area contributed by atoms with E-state index in [2.05, 4.69) is 13.8 Å². The molecule has 0 bridgehead atoms. The summed E-state index contributed by atoms with van der Waals surface area (Å²) in [6, 6.07) is 0. The Morgan fingerprint density at radius 1 is 0.520 bits per heavy atom. The van der Waals surface area contributed by atoms with Crippen LogP contribution >= 0.6 is 0 Å². The zero-order chi connectivity index (χ0) is 17.7. The Kier molecular flexibility index (Phi) is 11.3. The minimum absolute atomic E-state index is 1.01. The van der Waals surface area contributed by atoms with Crippen LogP contribution in [-0.2, 0) is 0 Å². The monoisotopic (exact) mass is 348 g/mol. The minimum Gasteiger partial charge on any atom is -0.0654 e. The van der Waals surface area contributed by atoms with Crippen molar-refractivity contribution in [2.75, 3.05) is 0 Å². The molecule has 2 rings (SSSR count). The predicted octanol–water partition coefficient (Wildman–Crippen LogP) is 8.93. The second-order valence-electron chi connectivity index (χ2n) is 9.77. The van der Waals surface area contributed by atoms with Crippen molar-refractivity contribution in [1.29, 1.82) is 0 Å². The molecule has 2 unspecified atom stereocenters. The Morgan fingerprint density at radius 2 is 1.00 bits per heavy atom. The molecule has 0 heteroatoms. The lowest BCUT2D eigenvalue weighted by atomic mass is 9.73. The van der Waals surface area contributed by atoms with Crippen molar-refractivity contribution in [3.63, 3.8) is 0 Å². The van der Waals surface area contributed by atoms with Crippen LogP contribution in [-0.4, -0.2) is 0 Å². The molecule has 0 nitrogen and oxygen atoms in total. The zero-order valence-corrected chi connectivity index (χ0v) is 17.7. The van der Waals surface area contributed by atoms with Crippen molar-refractivity contribution in [2.45, 2.75) is 136 Å². The Bertz CT molecular complexity index is 299. The first-order chi connectivity index (χ1) is 12.3. The third kappa shape index (κ3) is 8.96. The fourth-order valence-electron chi connectivity index (χ4n) is 5.78. The second kappa shape index (κ2) is 13.2. The van der Waals surface area contributed by atoms with Crippen LogP contribution in [0.15, 0.2) is 0 Å². The molecule has 2 fully saturated rings. The fraction of sp³-hybridized carbons (Fsp3) is 1.00. The van der Waals surface area contributed by atoms with Crippen LogP contribution in [0.3, 0.4) is 0 Å². The van der Waals surface area contributed by atoms with Crippen LogP contribution in [0.2, 0.25) is 0 Å². The highest BCUT2D eigenvalue weighted by Gasteiger charge is 2.25. The molecule has 148 valence electrons. The average molecular weight is 349 g/mol. The summed E-state index contributed by atoms with van der Waals surface area (Å²) < 4.78 is 0. The van der Waals surface area contributed by atoms with Gasteiger partial charge in [0.15, 0.2) is 0 Å². The average Bonchev–Trinajstić information content (AvgIpc) is 2.62. The molecule has 2 aliphatic rings. The largest absolute Gasteiger partial charge is 0.0654 e. The summed E-state index contributed by atoms with van der Waals surface area (Å²) in [5.41, 5.74) is 0. The molecule has 0 N–H and O–H groups in total. The van der Waals surface area contributed by atoms with Gasteiger partial charge < -0.3 is 0 Å². The van der Waals surface area contributed by atoms with E-state index < -0.39 is 0 Å². The summed E-state index contributed by atoms with van der Waals surface area (Å²) in [4.78, 5) is 0. The Balaban J connectivity index is 1.84. The lowest BCUT2D eigenvalue weighted by Gasteiger charge is -2.33. The maximum absolute atomic E-state index is 2.47. The van der Waals surface area contributed by atoms with Crippen LogP contribution in [0.25, 0.3) is 0 Å². The minimum atomic E-state index is 1.01. The summed E-state index contributed by atoms with van der Waals surface area (Å²) in [5, 5.41) is 0. The van der Waals surface area contributed by atoms with Gasteiger partial charge in [-0.25, -0.2) is 0 Å². The van der Waals surface area contributed by atoms with E-state index in [1.807, 2.05) is 0 Å². The van der Waals surface area contributed by atoms with Crippen molar-refractivity contribution in [3.8, 4) is 0 Å². The Hall–Kier alpha value is 0. The van der Waals surface area contributed by atoms with Gasteiger partial charge in [0.05, 0.1) is 0 Å². The van der Waals surface area contributed by atoms with Gasteiger partial charge >= 0.3 is 0 Å². The molecule has 2 aliphatic carbocycles. The fourth-order valence-corrected chi connectivity index (χ4v) is 5.78. The molecule has 0 saturated heterocycles. The van der Waals surface area contributed by atoms with Crippen molar-refractivity contribution < 1.29 is 0 Å². The van der Waals surface area contributed by atoms with Crippen molar-refractivity contribution in [3.05, 3.63) is 0 Å². The summed E-state index contributed by atoms with van der Waals surface area (Å²) in [5.74, 6) is 4.20. The topological polar surface area (TPSA) is 0 Å². The molecule has 0 spiro atoms. The van der Waals surface area contributed by atoms with Gasteiger partial charge in [-0.3, -0.25) is 0 Å². The van der Waals surface area contributed by atoms with Gasteiger partial charge in [0.25, 0.3) is 0 Å². The van der Waals surface area contributed by atoms with Gasteiger partial charge in [0.1, 0.15) is 0 Å². The molecule has 2 atom stereocenters. The van der Waals surface area contributed by atoms with Gasteiger partial charge in [-0.1, -0.05) is 123 Å². The molecule has 0 aliphatic heterocycles. The van der Waals surface area contributed by atoms with Gasteiger partial charge in [-0.05, 0) is 36.5 Å². The highest BCUT2D eigenvalue weighted by atomic mass is 14.3. The van der Waals surface area contributed by atoms with E-state index in [0.717, 1.165) is 23.7 Å². The molecule has 0 radical (unpaired) electrons.